The van der Waals surface area contributed by atoms with Gasteiger partial charge in [0.1, 0.15) is 0 Å². The van der Waals surface area contributed by atoms with Crippen LogP contribution < -0.4 is 4.90 Å². The van der Waals surface area contributed by atoms with E-state index in [2.05, 4.69) is 0 Å². The molecular weight excluding hydrogens is 273 g/mol. The summed E-state index contributed by atoms with van der Waals surface area (Å²) in [5.41, 5.74) is -0.00591. The molecule has 1 aromatic carbocycles. The Morgan fingerprint density at radius 2 is 1.85 bits per heavy atom. The normalized spacial score (nSPS) is 20.1. The lowest BCUT2D eigenvalue weighted by molar-refractivity contribution is -0.137. The number of benzene rings is 1. The molecule has 1 heterocycles. The molecule has 1 fully saturated rings. The van der Waals surface area contributed by atoms with Crippen LogP contribution in [0.2, 0.25) is 0 Å². The summed E-state index contributed by atoms with van der Waals surface area (Å²) in [6.07, 6.45) is -5.31. The van der Waals surface area contributed by atoms with Gasteiger partial charge in [0, 0.05) is 31.4 Å². The fraction of sp³-hybridized carbons (Fsp3) is 0.462. The number of carbonyl (C=O) groups is 1. The average Bonchev–Trinajstić information content (AvgIpc) is 2.37. The highest BCUT2D eigenvalue weighted by atomic mass is 19.4. The van der Waals surface area contributed by atoms with Crippen LogP contribution in [0.1, 0.15) is 12.5 Å². The monoisotopic (exact) mass is 288 g/mol. The van der Waals surface area contributed by atoms with Crippen molar-refractivity contribution in [3.05, 3.63) is 29.8 Å². The highest BCUT2D eigenvalue weighted by Crippen LogP contribution is 2.31. The third-order valence-corrected chi connectivity index (χ3v) is 3.42. The molecule has 1 aromatic rings. The second-order valence-electron chi connectivity index (χ2n) is 4.82. The lowest BCUT2D eigenvalue weighted by Crippen LogP contribution is -2.53. The van der Waals surface area contributed by atoms with Crippen LogP contribution >= 0.6 is 0 Å². The minimum atomic E-state index is -4.34. The summed E-state index contributed by atoms with van der Waals surface area (Å²) in [7, 11) is 0. The van der Waals surface area contributed by atoms with Crippen molar-refractivity contribution in [1.82, 2.24) is 4.90 Å². The summed E-state index contributed by atoms with van der Waals surface area (Å²) in [5.74, 6) is 0. The number of hydrogen-bond acceptors (Lipinski definition) is 2. The van der Waals surface area contributed by atoms with Crippen LogP contribution in [0.5, 0.6) is 0 Å². The predicted molar refractivity (Wildman–Crippen MR) is 67.8 cm³/mol. The molecule has 7 heteroatoms. The molecule has 1 N–H and O–H groups in total. The summed E-state index contributed by atoms with van der Waals surface area (Å²) in [5, 5.41) is 8.92. The Morgan fingerprint density at radius 1 is 1.25 bits per heavy atom. The van der Waals surface area contributed by atoms with Crippen molar-refractivity contribution in [3.63, 3.8) is 0 Å². The van der Waals surface area contributed by atoms with Crippen LogP contribution in [0.4, 0.5) is 23.7 Å². The van der Waals surface area contributed by atoms with Gasteiger partial charge in [-0.05, 0) is 31.2 Å². The van der Waals surface area contributed by atoms with E-state index in [0.29, 0.717) is 25.3 Å². The van der Waals surface area contributed by atoms with Crippen LogP contribution in [0, 0.1) is 0 Å². The molecule has 1 unspecified atom stereocenters. The molecule has 1 aliphatic heterocycles. The maximum atomic E-state index is 12.5. The molecule has 0 bridgehead atoms. The van der Waals surface area contributed by atoms with Crippen LogP contribution in [-0.4, -0.2) is 41.8 Å². The first-order valence-electron chi connectivity index (χ1n) is 6.21. The zero-order valence-corrected chi connectivity index (χ0v) is 10.9. The SMILES string of the molecule is CC1CN(C(=O)O)CCN1c1ccc(C(F)(F)F)cc1. The fourth-order valence-corrected chi connectivity index (χ4v) is 2.36. The molecular formula is C13H15F3N2O2. The maximum Gasteiger partial charge on any atom is 0.416 e. The number of rotatable bonds is 1. The molecule has 1 amide bonds. The van der Waals surface area contributed by atoms with E-state index in [-0.39, 0.29) is 6.04 Å². The fourth-order valence-electron chi connectivity index (χ4n) is 2.36. The van der Waals surface area contributed by atoms with Crippen molar-refractivity contribution in [2.75, 3.05) is 24.5 Å². The van der Waals surface area contributed by atoms with E-state index in [1.54, 1.807) is 0 Å². The smallest absolute Gasteiger partial charge is 0.416 e. The van der Waals surface area contributed by atoms with E-state index in [1.165, 1.54) is 17.0 Å². The molecule has 0 saturated carbocycles. The quantitative estimate of drug-likeness (QED) is 0.864. The first kappa shape index (κ1) is 14.5. The molecule has 1 aliphatic rings. The van der Waals surface area contributed by atoms with E-state index >= 15 is 0 Å². The first-order valence-corrected chi connectivity index (χ1v) is 6.21. The summed E-state index contributed by atoms with van der Waals surface area (Å²) in [4.78, 5) is 14.1. The Hall–Kier alpha value is -1.92. The highest BCUT2D eigenvalue weighted by molar-refractivity contribution is 5.65. The van der Waals surface area contributed by atoms with Crippen molar-refractivity contribution < 1.29 is 23.1 Å². The first-order chi connectivity index (χ1) is 9.29. The number of piperazine rings is 1. The van der Waals surface area contributed by atoms with Crippen molar-refractivity contribution in [1.29, 1.82) is 0 Å². The molecule has 4 nitrogen and oxygen atoms in total. The Morgan fingerprint density at radius 3 is 2.30 bits per heavy atom. The van der Waals surface area contributed by atoms with Gasteiger partial charge in [-0.2, -0.15) is 13.2 Å². The Bertz CT molecular complexity index is 487. The number of hydrogen-bond donors (Lipinski definition) is 1. The van der Waals surface area contributed by atoms with Crippen LogP contribution in [-0.2, 0) is 6.18 Å². The van der Waals surface area contributed by atoms with Crippen molar-refractivity contribution in [2.24, 2.45) is 0 Å². The topological polar surface area (TPSA) is 43.8 Å². The molecule has 0 aromatic heterocycles. The molecule has 1 saturated heterocycles. The lowest BCUT2D eigenvalue weighted by Gasteiger charge is -2.40. The standard InChI is InChI=1S/C13H15F3N2O2/c1-9-8-17(12(19)20)6-7-18(9)11-4-2-10(3-5-11)13(14,15)16/h2-5,9H,6-8H2,1H3,(H,19,20). The zero-order valence-electron chi connectivity index (χ0n) is 10.9. The molecule has 20 heavy (non-hydrogen) atoms. The number of anilines is 1. The van der Waals surface area contributed by atoms with E-state index in [1.807, 2.05) is 11.8 Å². The van der Waals surface area contributed by atoms with Gasteiger partial charge in [0.2, 0.25) is 0 Å². The number of halogens is 3. The summed E-state index contributed by atoms with van der Waals surface area (Å²) in [6.45, 7) is 3.02. The largest absolute Gasteiger partial charge is 0.465 e. The van der Waals surface area contributed by atoms with E-state index in [0.717, 1.165) is 12.1 Å². The highest BCUT2D eigenvalue weighted by Gasteiger charge is 2.31. The second kappa shape index (κ2) is 5.22. The van der Waals surface area contributed by atoms with Crippen LogP contribution in [0.15, 0.2) is 24.3 Å². The number of nitrogens with zero attached hydrogens (tertiary/aromatic N) is 2. The summed E-state index contributed by atoms with van der Waals surface area (Å²) < 4.78 is 37.5. The van der Waals surface area contributed by atoms with Crippen molar-refractivity contribution >= 4 is 11.8 Å². The number of amides is 1. The Balaban J connectivity index is 2.11. The van der Waals surface area contributed by atoms with Gasteiger partial charge in [-0.25, -0.2) is 4.79 Å². The summed E-state index contributed by atoms with van der Waals surface area (Å²) >= 11 is 0. The van der Waals surface area contributed by atoms with E-state index in [4.69, 9.17) is 5.11 Å². The van der Waals surface area contributed by atoms with Crippen LogP contribution in [0.3, 0.4) is 0 Å². The molecule has 0 radical (unpaired) electrons. The predicted octanol–water partition coefficient (Wildman–Crippen LogP) is 2.89. The maximum absolute atomic E-state index is 12.5. The van der Waals surface area contributed by atoms with Crippen molar-refractivity contribution in [2.45, 2.75) is 19.1 Å². The number of alkyl halides is 3. The van der Waals surface area contributed by atoms with Gasteiger partial charge < -0.3 is 14.9 Å². The Kier molecular flexibility index (Phi) is 3.78. The molecule has 2 rings (SSSR count). The van der Waals surface area contributed by atoms with Gasteiger partial charge in [0.25, 0.3) is 0 Å². The third kappa shape index (κ3) is 2.97. The van der Waals surface area contributed by atoms with Gasteiger partial charge >= 0.3 is 12.3 Å². The molecule has 1 atom stereocenters. The van der Waals surface area contributed by atoms with Gasteiger partial charge in [0.05, 0.1) is 5.56 Å². The molecule has 0 spiro atoms. The lowest BCUT2D eigenvalue weighted by atomic mass is 10.1. The minimum Gasteiger partial charge on any atom is -0.465 e. The van der Waals surface area contributed by atoms with Gasteiger partial charge in [-0.3, -0.25) is 0 Å². The third-order valence-electron chi connectivity index (χ3n) is 3.42. The number of carboxylic acid groups (broad SMARTS) is 1. The van der Waals surface area contributed by atoms with Gasteiger partial charge in [-0.1, -0.05) is 0 Å². The van der Waals surface area contributed by atoms with Gasteiger partial charge in [-0.15, -0.1) is 0 Å². The summed E-state index contributed by atoms with van der Waals surface area (Å²) in [6, 6.07) is 4.87. The zero-order chi connectivity index (χ0) is 14.9. The van der Waals surface area contributed by atoms with E-state index in [9.17, 15) is 18.0 Å². The van der Waals surface area contributed by atoms with E-state index < -0.39 is 17.8 Å². The van der Waals surface area contributed by atoms with Gasteiger partial charge in [0.15, 0.2) is 0 Å². The van der Waals surface area contributed by atoms with Crippen LogP contribution in [0.25, 0.3) is 0 Å². The second-order valence-corrected chi connectivity index (χ2v) is 4.82. The molecule has 110 valence electrons. The Labute approximate surface area is 114 Å². The molecule has 0 aliphatic carbocycles. The average molecular weight is 288 g/mol. The minimum absolute atomic E-state index is 0.0726. The van der Waals surface area contributed by atoms with Crippen molar-refractivity contribution in [3.8, 4) is 0 Å².